The highest BCUT2D eigenvalue weighted by Crippen LogP contribution is 2.13. The second-order valence-electron chi connectivity index (χ2n) is 2.90. The zero-order chi connectivity index (χ0) is 9.30. The number of carbonyl (C=O) groups excluding carboxylic acids is 1. The minimum Gasteiger partial charge on any atom is -0.356 e. The van der Waals surface area contributed by atoms with E-state index in [9.17, 15) is 9.90 Å². The summed E-state index contributed by atoms with van der Waals surface area (Å²) in [6.45, 7) is 3.83. The first kappa shape index (κ1) is 9.41. The second kappa shape index (κ2) is 3.37. The second-order valence-corrected chi connectivity index (χ2v) is 3.38. The van der Waals surface area contributed by atoms with E-state index < -0.39 is 6.35 Å². The summed E-state index contributed by atoms with van der Waals surface area (Å²) in [5, 5.41) is 11.7. The first-order valence-corrected chi connectivity index (χ1v) is 4.14. The molecule has 0 aromatic heterocycles. The summed E-state index contributed by atoms with van der Waals surface area (Å²) in [5.74, 6) is -0.345. The zero-order valence-electron chi connectivity index (χ0n) is 6.98. The summed E-state index contributed by atoms with van der Waals surface area (Å²) >= 11 is 3.95. The molecule has 0 radical (unpaired) electrons. The lowest BCUT2D eigenvalue weighted by Gasteiger charge is -2.33. The number of rotatable bonds is 1. The molecule has 0 spiro atoms. The van der Waals surface area contributed by atoms with E-state index in [0.29, 0.717) is 4.91 Å². The van der Waals surface area contributed by atoms with Crippen molar-refractivity contribution < 1.29 is 9.90 Å². The minimum absolute atomic E-state index is 0.128. The van der Waals surface area contributed by atoms with E-state index >= 15 is 0 Å². The quantitative estimate of drug-likeness (QED) is 0.503. The molecule has 1 unspecified atom stereocenters. The fraction of sp³-hybridized carbons (Fsp3) is 0.571. The molecule has 0 aromatic carbocycles. The molecule has 1 rings (SSSR count). The van der Waals surface area contributed by atoms with Crippen molar-refractivity contribution in [3.63, 3.8) is 0 Å². The van der Waals surface area contributed by atoms with E-state index in [2.05, 4.69) is 17.9 Å². The molecule has 0 bridgehead atoms. The third-order valence-corrected chi connectivity index (χ3v) is 1.96. The molecule has 0 aliphatic carbocycles. The average molecular weight is 188 g/mol. The van der Waals surface area contributed by atoms with E-state index in [0.717, 1.165) is 0 Å². The average Bonchev–Trinajstić information content (AvgIpc) is 1.96. The molecule has 1 amide bonds. The smallest absolute Gasteiger partial charge is 0.262 e. The zero-order valence-corrected chi connectivity index (χ0v) is 7.88. The van der Waals surface area contributed by atoms with Crippen molar-refractivity contribution in [3.05, 3.63) is 11.1 Å². The van der Waals surface area contributed by atoms with Crippen LogP contribution in [0.1, 0.15) is 13.8 Å². The van der Waals surface area contributed by atoms with E-state index in [4.69, 9.17) is 0 Å². The van der Waals surface area contributed by atoms with Crippen LogP contribution in [0.3, 0.4) is 0 Å². The van der Waals surface area contributed by atoms with Gasteiger partial charge in [0, 0.05) is 12.2 Å². The number of hydrogen-bond acceptors (Lipinski definition) is 4. The molecule has 4 nitrogen and oxygen atoms in total. The van der Waals surface area contributed by atoms with Gasteiger partial charge in [0.05, 0.1) is 4.91 Å². The van der Waals surface area contributed by atoms with Gasteiger partial charge in [0.2, 0.25) is 6.35 Å². The molecule has 0 saturated heterocycles. The fourth-order valence-electron chi connectivity index (χ4n) is 0.968. The van der Waals surface area contributed by atoms with E-state index in [-0.39, 0.29) is 11.9 Å². The van der Waals surface area contributed by atoms with Crippen LogP contribution < -0.4 is 5.32 Å². The van der Waals surface area contributed by atoms with Crippen LogP contribution in [-0.2, 0) is 4.79 Å². The van der Waals surface area contributed by atoms with Crippen LogP contribution in [0.25, 0.3) is 0 Å². The number of aliphatic hydroxyl groups is 1. The molecule has 0 fully saturated rings. The van der Waals surface area contributed by atoms with E-state index in [1.807, 2.05) is 13.8 Å². The molecule has 0 saturated carbocycles. The number of hydrogen-bond donors (Lipinski definition) is 3. The normalized spacial score (nSPS) is 24.1. The van der Waals surface area contributed by atoms with Gasteiger partial charge in [0.1, 0.15) is 0 Å². The maximum Gasteiger partial charge on any atom is 0.262 e. The summed E-state index contributed by atoms with van der Waals surface area (Å²) in [4.78, 5) is 12.9. The van der Waals surface area contributed by atoms with Crippen molar-refractivity contribution in [3.8, 4) is 0 Å². The van der Waals surface area contributed by atoms with Crippen LogP contribution in [0.2, 0.25) is 0 Å². The van der Waals surface area contributed by atoms with Crippen molar-refractivity contribution in [1.29, 1.82) is 0 Å². The first-order valence-electron chi connectivity index (χ1n) is 3.69. The van der Waals surface area contributed by atoms with Gasteiger partial charge in [-0.05, 0) is 13.8 Å². The van der Waals surface area contributed by atoms with Gasteiger partial charge in [-0.1, -0.05) is 0 Å². The molecular weight excluding hydrogens is 176 g/mol. The van der Waals surface area contributed by atoms with Gasteiger partial charge in [-0.3, -0.25) is 4.79 Å². The van der Waals surface area contributed by atoms with Gasteiger partial charge in [-0.15, -0.1) is 12.6 Å². The lowest BCUT2D eigenvalue weighted by molar-refractivity contribution is -0.125. The monoisotopic (exact) mass is 188 g/mol. The molecule has 2 N–H and O–H groups in total. The Hall–Kier alpha value is -0.680. The Morgan fingerprint density at radius 3 is 2.83 bits per heavy atom. The van der Waals surface area contributed by atoms with Crippen molar-refractivity contribution in [2.45, 2.75) is 26.2 Å². The lowest BCUT2D eigenvalue weighted by Crippen LogP contribution is -2.51. The lowest BCUT2D eigenvalue weighted by atomic mass is 10.3. The third-order valence-electron chi connectivity index (χ3n) is 1.64. The van der Waals surface area contributed by atoms with Crippen molar-refractivity contribution >= 4 is 18.5 Å². The summed E-state index contributed by atoms with van der Waals surface area (Å²) in [5.41, 5.74) is 0. The van der Waals surface area contributed by atoms with Crippen LogP contribution in [0.15, 0.2) is 11.1 Å². The summed E-state index contributed by atoms with van der Waals surface area (Å²) in [6, 6.07) is 0.128. The molecule has 12 heavy (non-hydrogen) atoms. The molecule has 1 aliphatic rings. The third kappa shape index (κ3) is 1.73. The molecular formula is C7H12N2O2S. The Morgan fingerprint density at radius 1 is 1.75 bits per heavy atom. The number of aliphatic hydroxyl groups excluding tert-OH is 1. The van der Waals surface area contributed by atoms with Gasteiger partial charge >= 0.3 is 0 Å². The maximum atomic E-state index is 10.9. The number of nitrogens with one attached hydrogen (secondary N) is 1. The summed E-state index contributed by atoms with van der Waals surface area (Å²) < 4.78 is 0. The van der Waals surface area contributed by atoms with Crippen molar-refractivity contribution in [2.24, 2.45) is 0 Å². The van der Waals surface area contributed by atoms with Gasteiger partial charge in [-0.2, -0.15) is 0 Å². The molecule has 5 heteroatoms. The molecule has 1 atom stereocenters. The number of thiol groups is 1. The van der Waals surface area contributed by atoms with Crippen LogP contribution >= 0.6 is 12.6 Å². The largest absolute Gasteiger partial charge is 0.356 e. The number of carbonyl (C=O) groups is 1. The Labute approximate surface area is 76.7 Å². The molecule has 1 aliphatic heterocycles. The molecule has 0 aromatic rings. The highest BCUT2D eigenvalue weighted by atomic mass is 32.1. The standard InChI is InChI=1S/C7H12N2O2S/c1-4(2)9-3-5(12)6(10)8-7(9)11/h3-4,7,11-12H,1-2H3,(H,8,10). The summed E-state index contributed by atoms with van der Waals surface area (Å²) in [6.07, 6.45) is 0.602. The Morgan fingerprint density at radius 2 is 2.33 bits per heavy atom. The predicted molar refractivity (Wildman–Crippen MR) is 48.2 cm³/mol. The topological polar surface area (TPSA) is 52.6 Å². The van der Waals surface area contributed by atoms with Crippen LogP contribution in [0, 0.1) is 0 Å². The first-order chi connectivity index (χ1) is 5.52. The summed E-state index contributed by atoms with van der Waals surface area (Å²) in [7, 11) is 0. The minimum atomic E-state index is -0.937. The van der Waals surface area contributed by atoms with E-state index in [1.54, 1.807) is 4.90 Å². The predicted octanol–water partition coefficient (Wildman–Crippen LogP) is -0.126. The Kier molecular flexibility index (Phi) is 2.64. The van der Waals surface area contributed by atoms with Crippen LogP contribution in [-0.4, -0.2) is 28.3 Å². The fourth-order valence-corrected chi connectivity index (χ4v) is 1.17. The van der Waals surface area contributed by atoms with Gasteiger partial charge in [0.25, 0.3) is 5.91 Å². The van der Waals surface area contributed by atoms with E-state index in [1.165, 1.54) is 6.20 Å². The maximum absolute atomic E-state index is 10.9. The number of amides is 1. The van der Waals surface area contributed by atoms with Crippen LogP contribution in [0.5, 0.6) is 0 Å². The Balaban J connectivity index is 2.83. The van der Waals surface area contributed by atoms with Crippen molar-refractivity contribution in [2.75, 3.05) is 0 Å². The Bertz CT molecular complexity index is 227. The SMILES string of the molecule is CC(C)N1C=C(S)C(=O)NC1O. The molecule has 1 heterocycles. The van der Waals surface area contributed by atoms with Gasteiger partial charge in [-0.25, -0.2) is 0 Å². The van der Waals surface area contributed by atoms with Gasteiger partial charge in [0.15, 0.2) is 0 Å². The highest BCUT2D eigenvalue weighted by molar-refractivity contribution is 7.85. The van der Waals surface area contributed by atoms with Crippen LogP contribution in [0.4, 0.5) is 0 Å². The van der Waals surface area contributed by atoms with Crippen molar-refractivity contribution in [1.82, 2.24) is 10.2 Å². The number of nitrogens with zero attached hydrogens (tertiary/aromatic N) is 1. The molecule has 68 valence electrons. The van der Waals surface area contributed by atoms with Gasteiger partial charge < -0.3 is 15.3 Å². The highest BCUT2D eigenvalue weighted by Gasteiger charge is 2.24.